The molecule has 4 atom stereocenters. The first kappa shape index (κ1) is 20.2. The van der Waals surface area contributed by atoms with Crippen molar-refractivity contribution in [2.24, 2.45) is 28.6 Å². The van der Waals surface area contributed by atoms with Crippen LogP contribution in [0, 0.1) is 39.9 Å². The quantitative estimate of drug-likeness (QED) is 0.513. The van der Waals surface area contributed by atoms with E-state index >= 15 is 0 Å². The van der Waals surface area contributed by atoms with E-state index in [1.807, 2.05) is 26.8 Å². The van der Waals surface area contributed by atoms with Crippen LogP contribution >= 0.6 is 0 Å². The van der Waals surface area contributed by atoms with E-state index < -0.39 is 40.4 Å². The number of cyclic esters (lactones) is 1. The maximum atomic E-state index is 13.3. The molecule has 29 heavy (non-hydrogen) atoms. The monoisotopic (exact) mass is 403 g/mol. The van der Waals surface area contributed by atoms with Gasteiger partial charge in [-0.15, -0.1) is 0 Å². The van der Waals surface area contributed by atoms with Gasteiger partial charge in [0, 0.05) is 6.42 Å². The Hall–Kier alpha value is -2.10. The Morgan fingerprint density at radius 3 is 2.48 bits per heavy atom. The molecule has 4 aliphatic carbocycles. The molecule has 0 aromatic carbocycles. The minimum absolute atomic E-state index is 0.0425. The van der Waals surface area contributed by atoms with E-state index in [0.717, 1.165) is 19.3 Å². The van der Waals surface area contributed by atoms with E-state index in [1.54, 1.807) is 0 Å². The highest BCUT2D eigenvalue weighted by Crippen LogP contribution is 2.63. The largest absolute Gasteiger partial charge is 0.461 e. The van der Waals surface area contributed by atoms with Crippen LogP contribution < -0.4 is 0 Å². The van der Waals surface area contributed by atoms with Crippen molar-refractivity contribution in [2.75, 3.05) is 6.61 Å². The summed E-state index contributed by atoms with van der Waals surface area (Å²) in [5.41, 5.74) is -1.94. The third kappa shape index (κ3) is 3.31. The molecule has 1 aliphatic heterocycles. The first-order valence-electron chi connectivity index (χ1n) is 10.6. The number of carbonyl (C=O) groups is 3. The highest BCUT2D eigenvalue weighted by molar-refractivity contribution is 5.84. The standard InChI is InChI=1S/C22H29NO6/c1-4-20(2,3)18(25)29-22-8-13-5-14(9-22)7-21(6-13,12-22)19(26)28-16-15(10-23)11-27-17(16)24/h13-16H,4-9,11-12H2,1-3H3. The van der Waals surface area contributed by atoms with Crippen molar-refractivity contribution in [2.45, 2.75) is 77.4 Å². The summed E-state index contributed by atoms with van der Waals surface area (Å²) < 4.78 is 16.6. The van der Waals surface area contributed by atoms with Gasteiger partial charge in [-0.05, 0) is 64.2 Å². The number of ether oxygens (including phenoxy) is 3. The van der Waals surface area contributed by atoms with Gasteiger partial charge < -0.3 is 14.2 Å². The summed E-state index contributed by atoms with van der Waals surface area (Å²) in [4.78, 5) is 38.0. The van der Waals surface area contributed by atoms with Crippen LogP contribution in [0.4, 0.5) is 0 Å². The molecule has 1 saturated heterocycles. The third-order valence-electron chi connectivity index (χ3n) is 7.59. The van der Waals surface area contributed by atoms with Crippen molar-refractivity contribution in [3.63, 3.8) is 0 Å². The molecule has 4 saturated carbocycles. The summed E-state index contributed by atoms with van der Waals surface area (Å²) in [6, 6.07) is 1.99. The molecular formula is C22H29NO6. The van der Waals surface area contributed by atoms with Crippen molar-refractivity contribution < 1.29 is 28.6 Å². The van der Waals surface area contributed by atoms with Gasteiger partial charge in [0.15, 0.2) is 0 Å². The summed E-state index contributed by atoms with van der Waals surface area (Å²) in [6.45, 7) is 5.69. The molecule has 1 heterocycles. The fourth-order valence-electron chi connectivity index (χ4n) is 6.00. The van der Waals surface area contributed by atoms with E-state index in [-0.39, 0.29) is 12.6 Å². The molecule has 5 fully saturated rings. The molecule has 5 rings (SSSR count). The average Bonchev–Trinajstić information content (AvgIpc) is 3.00. The molecule has 5 aliphatic rings. The lowest BCUT2D eigenvalue weighted by atomic mass is 9.48. The van der Waals surface area contributed by atoms with Crippen molar-refractivity contribution >= 4 is 17.9 Å². The summed E-state index contributed by atoms with van der Waals surface area (Å²) >= 11 is 0. The first-order valence-corrected chi connectivity index (χ1v) is 10.6. The fourth-order valence-corrected chi connectivity index (χ4v) is 6.00. The molecule has 0 aromatic rings. The highest BCUT2D eigenvalue weighted by atomic mass is 16.6. The molecular weight excluding hydrogens is 374 g/mol. The van der Waals surface area contributed by atoms with Gasteiger partial charge >= 0.3 is 17.9 Å². The molecule has 158 valence electrons. The number of esters is 3. The van der Waals surface area contributed by atoms with Crippen molar-refractivity contribution in [1.82, 2.24) is 0 Å². The zero-order valence-electron chi connectivity index (χ0n) is 17.4. The number of nitriles is 1. The Kier molecular flexibility index (Phi) is 4.67. The minimum Gasteiger partial charge on any atom is -0.461 e. The lowest BCUT2D eigenvalue weighted by molar-refractivity contribution is -0.220. The molecule has 4 unspecified atom stereocenters. The fraction of sp³-hybridized carbons (Fsp3) is 0.818. The minimum atomic E-state index is -1.15. The zero-order valence-corrected chi connectivity index (χ0v) is 17.4. The summed E-state index contributed by atoms with van der Waals surface area (Å²) in [6.07, 6.45) is 3.97. The van der Waals surface area contributed by atoms with Gasteiger partial charge in [-0.25, -0.2) is 4.79 Å². The average molecular weight is 403 g/mol. The van der Waals surface area contributed by atoms with E-state index in [2.05, 4.69) is 0 Å². The Balaban J connectivity index is 1.55. The van der Waals surface area contributed by atoms with Gasteiger partial charge in [-0.2, -0.15) is 5.26 Å². The van der Waals surface area contributed by atoms with Gasteiger partial charge in [0.05, 0.1) is 16.9 Å². The van der Waals surface area contributed by atoms with Crippen molar-refractivity contribution in [3.8, 4) is 6.07 Å². The summed E-state index contributed by atoms with van der Waals surface area (Å²) in [5.74, 6) is -1.45. The smallest absolute Gasteiger partial charge is 0.349 e. The predicted octanol–water partition coefficient (Wildman–Crippen LogP) is 2.91. The Morgan fingerprint density at radius 2 is 1.90 bits per heavy atom. The third-order valence-corrected chi connectivity index (χ3v) is 7.59. The maximum absolute atomic E-state index is 13.3. The number of hydrogen-bond acceptors (Lipinski definition) is 7. The van der Waals surface area contributed by atoms with E-state index in [9.17, 15) is 19.6 Å². The van der Waals surface area contributed by atoms with Crippen LogP contribution in [-0.4, -0.2) is 36.2 Å². The second-order valence-corrected chi connectivity index (χ2v) is 10.2. The highest BCUT2D eigenvalue weighted by Gasteiger charge is 2.64. The van der Waals surface area contributed by atoms with Crippen LogP contribution in [-0.2, 0) is 28.6 Å². The molecule has 0 radical (unpaired) electrons. The van der Waals surface area contributed by atoms with E-state index in [4.69, 9.17) is 14.2 Å². The van der Waals surface area contributed by atoms with E-state index in [1.165, 1.54) is 0 Å². The van der Waals surface area contributed by atoms with Gasteiger partial charge in [0.1, 0.15) is 18.1 Å². The van der Waals surface area contributed by atoms with Gasteiger partial charge in [-0.1, -0.05) is 6.92 Å². The van der Waals surface area contributed by atoms with Gasteiger partial charge in [-0.3, -0.25) is 9.59 Å². The SMILES string of the molecule is CCC(C)(C)C(=O)OC12CC3CC(C1)CC(C(=O)OC1C(=O)OCC1C#N)(C3)C2. The van der Waals surface area contributed by atoms with Crippen LogP contribution in [0.15, 0.2) is 0 Å². The number of rotatable bonds is 5. The zero-order chi connectivity index (χ0) is 21.0. The number of hydrogen-bond donors (Lipinski definition) is 0. The number of carbonyl (C=O) groups excluding carboxylic acids is 3. The second kappa shape index (κ2) is 6.72. The normalized spacial score (nSPS) is 40.3. The first-order chi connectivity index (χ1) is 13.6. The topological polar surface area (TPSA) is 103 Å². The van der Waals surface area contributed by atoms with Crippen LogP contribution in [0.3, 0.4) is 0 Å². The number of nitrogens with zero attached hydrogens (tertiary/aromatic N) is 1. The lowest BCUT2D eigenvalue weighted by Crippen LogP contribution is -2.61. The van der Waals surface area contributed by atoms with Gasteiger partial charge in [0.25, 0.3) is 0 Å². The lowest BCUT2D eigenvalue weighted by Gasteiger charge is -2.60. The van der Waals surface area contributed by atoms with Crippen LogP contribution in [0.2, 0.25) is 0 Å². The van der Waals surface area contributed by atoms with Crippen LogP contribution in [0.25, 0.3) is 0 Å². The summed E-state index contributed by atoms with van der Waals surface area (Å²) in [5, 5.41) is 9.21. The maximum Gasteiger partial charge on any atom is 0.349 e. The Bertz CT molecular complexity index is 767. The Morgan fingerprint density at radius 1 is 1.24 bits per heavy atom. The van der Waals surface area contributed by atoms with E-state index in [0.29, 0.717) is 37.5 Å². The molecule has 7 heteroatoms. The van der Waals surface area contributed by atoms with Crippen molar-refractivity contribution in [1.29, 1.82) is 5.26 Å². The molecule has 0 spiro atoms. The Labute approximate surface area is 171 Å². The molecule has 0 amide bonds. The van der Waals surface area contributed by atoms with Crippen LogP contribution in [0.5, 0.6) is 0 Å². The van der Waals surface area contributed by atoms with Gasteiger partial charge in [0.2, 0.25) is 6.10 Å². The molecule has 4 bridgehead atoms. The molecule has 7 nitrogen and oxygen atoms in total. The predicted molar refractivity (Wildman–Crippen MR) is 100.0 cm³/mol. The second-order valence-electron chi connectivity index (χ2n) is 10.2. The summed E-state index contributed by atoms with van der Waals surface area (Å²) in [7, 11) is 0. The molecule has 0 aromatic heterocycles. The van der Waals surface area contributed by atoms with Crippen LogP contribution in [0.1, 0.15) is 65.7 Å². The molecule has 0 N–H and O–H groups in total. The van der Waals surface area contributed by atoms with Crippen molar-refractivity contribution in [3.05, 3.63) is 0 Å².